The Kier molecular flexibility index (Phi) is 10.4. The Morgan fingerprint density at radius 1 is 0.933 bits per heavy atom. The summed E-state index contributed by atoms with van der Waals surface area (Å²) in [6.07, 6.45) is 1.70. The average molecular weight is 814 g/mol. The van der Waals surface area contributed by atoms with Crippen molar-refractivity contribution in [1.82, 2.24) is 0 Å². The molecule has 0 saturated carbocycles. The van der Waals surface area contributed by atoms with Crippen molar-refractivity contribution >= 4 is 108 Å². The highest BCUT2D eigenvalue weighted by molar-refractivity contribution is 14.1. The number of hydrogen-bond acceptors (Lipinski definition) is 7. The number of benzene rings is 4. The normalized spacial score (nSPS) is 15.3. The third kappa shape index (κ3) is 7.64. The van der Waals surface area contributed by atoms with E-state index < -0.39 is 10.1 Å². The molecule has 0 unspecified atom stereocenters. The van der Waals surface area contributed by atoms with Gasteiger partial charge in [-0.25, -0.2) is 4.99 Å². The molecular formula is C32H24Cl3IN2O5S2. The molecule has 0 spiro atoms. The monoisotopic (exact) mass is 812 g/mol. The third-order valence-corrected chi connectivity index (χ3v) is 10.6. The number of rotatable bonds is 8. The van der Waals surface area contributed by atoms with Crippen LogP contribution in [0.1, 0.15) is 23.6 Å². The molecule has 1 amide bonds. The summed E-state index contributed by atoms with van der Waals surface area (Å²) in [7, 11) is -4.18. The maximum atomic E-state index is 13.9. The van der Waals surface area contributed by atoms with Gasteiger partial charge in [0.15, 0.2) is 16.7 Å². The summed E-state index contributed by atoms with van der Waals surface area (Å²) in [6, 6.07) is 19.8. The number of aliphatic imine (C=N–C) groups is 1. The molecule has 0 bridgehead atoms. The highest BCUT2D eigenvalue weighted by Crippen LogP contribution is 2.41. The molecule has 45 heavy (non-hydrogen) atoms. The molecular weight excluding hydrogens is 790 g/mol. The molecule has 4 aromatic carbocycles. The molecule has 0 aromatic heterocycles. The van der Waals surface area contributed by atoms with Gasteiger partial charge < -0.3 is 8.92 Å². The van der Waals surface area contributed by atoms with Gasteiger partial charge in [-0.05, 0) is 139 Å². The smallest absolute Gasteiger partial charge is 0.339 e. The molecule has 13 heteroatoms. The van der Waals surface area contributed by atoms with Crippen molar-refractivity contribution in [2.45, 2.75) is 25.7 Å². The van der Waals surface area contributed by atoms with Crippen LogP contribution >= 0.6 is 69.2 Å². The minimum atomic E-state index is -4.18. The van der Waals surface area contributed by atoms with Gasteiger partial charge in [-0.2, -0.15) is 8.42 Å². The number of thioether (sulfide) groups is 1. The van der Waals surface area contributed by atoms with Crippen molar-refractivity contribution in [2.24, 2.45) is 4.99 Å². The quantitative estimate of drug-likeness (QED) is 0.100. The fourth-order valence-electron chi connectivity index (χ4n) is 4.18. The number of ether oxygens (including phenoxy) is 1. The van der Waals surface area contributed by atoms with Crippen LogP contribution in [0.25, 0.3) is 6.08 Å². The second-order valence-corrected chi connectivity index (χ2v) is 14.7. The lowest BCUT2D eigenvalue weighted by molar-refractivity contribution is -0.113. The van der Waals surface area contributed by atoms with Crippen molar-refractivity contribution in [1.29, 1.82) is 0 Å². The van der Waals surface area contributed by atoms with Crippen molar-refractivity contribution in [2.75, 3.05) is 11.5 Å². The number of nitrogens with zero attached hydrogens (tertiary/aromatic N) is 2. The number of halogens is 4. The standard InChI is InChI=1S/C32H24Cl3IN2O5S2/c1-4-42-28-14-20(13-27(36)30(28)43-45(40,41)24-11-7-21(33)8-12-24)15-29-31(39)38(23-10-6-19(3)26(35)17-23)32(44-29)37-22-9-5-18(2)25(34)16-22/h5-17H,4H2,1-3H3/b29-15+,37-32?. The number of carbonyl (C=O) groups is 1. The number of amides is 1. The Balaban J connectivity index is 1.55. The summed E-state index contributed by atoms with van der Waals surface area (Å²) in [5.74, 6) is -0.0699. The lowest BCUT2D eigenvalue weighted by Gasteiger charge is -2.17. The van der Waals surface area contributed by atoms with Gasteiger partial charge in [-0.3, -0.25) is 9.69 Å². The van der Waals surface area contributed by atoms with Gasteiger partial charge in [-0.15, -0.1) is 0 Å². The summed E-state index contributed by atoms with van der Waals surface area (Å²) >= 11 is 21.9. The molecule has 1 aliphatic rings. The molecule has 0 atom stereocenters. The molecule has 1 saturated heterocycles. The lowest BCUT2D eigenvalue weighted by Crippen LogP contribution is -2.28. The van der Waals surface area contributed by atoms with Crippen LogP contribution in [-0.2, 0) is 14.9 Å². The Labute approximate surface area is 294 Å². The van der Waals surface area contributed by atoms with E-state index in [1.807, 2.05) is 60.7 Å². The molecule has 1 heterocycles. The van der Waals surface area contributed by atoms with Gasteiger partial charge >= 0.3 is 10.1 Å². The summed E-state index contributed by atoms with van der Waals surface area (Å²) in [5, 5.41) is 1.89. The van der Waals surface area contributed by atoms with E-state index in [0.717, 1.165) is 11.1 Å². The molecule has 7 nitrogen and oxygen atoms in total. The number of hydrogen-bond donors (Lipinski definition) is 0. The first kappa shape index (κ1) is 33.6. The van der Waals surface area contributed by atoms with Gasteiger partial charge in [0.2, 0.25) is 0 Å². The fourth-order valence-corrected chi connectivity index (χ4v) is 7.50. The van der Waals surface area contributed by atoms with Gasteiger partial charge in [0.25, 0.3) is 5.91 Å². The van der Waals surface area contributed by atoms with Crippen LogP contribution in [0.3, 0.4) is 0 Å². The fraction of sp³-hybridized carbons (Fsp3) is 0.125. The highest BCUT2D eigenvalue weighted by Gasteiger charge is 2.35. The predicted octanol–water partition coefficient (Wildman–Crippen LogP) is 9.84. The zero-order chi connectivity index (χ0) is 32.5. The van der Waals surface area contributed by atoms with Gasteiger partial charge in [0, 0.05) is 15.1 Å². The minimum absolute atomic E-state index is 0.0365. The summed E-state index contributed by atoms with van der Waals surface area (Å²) in [6.45, 7) is 5.80. The highest BCUT2D eigenvalue weighted by atomic mass is 127. The first-order valence-corrected chi connectivity index (χ1v) is 17.8. The predicted molar refractivity (Wildman–Crippen MR) is 192 cm³/mol. The van der Waals surface area contributed by atoms with Crippen LogP contribution in [0.5, 0.6) is 11.5 Å². The molecule has 232 valence electrons. The SMILES string of the molecule is CCOc1cc(/C=C2/SC(=Nc3ccc(C)c(Cl)c3)N(c3ccc(C)c(Cl)c3)C2=O)cc(I)c1OS(=O)(=O)c1ccc(Cl)cc1. The Hall–Kier alpha value is -2.74. The Morgan fingerprint density at radius 3 is 2.24 bits per heavy atom. The van der Waals surface area contributed by atoms with E-state index in [4.69, 9.17) is 48.7 Å². The van der Waals surface area contributed by atoms with Crippen LogP contribution in [0, 0.1) is 17.4 Å². The second-order valence-electron chi connectivity index (χ2n) is 9.77. The maximum absolute atomic E-state index is 13.9. The van der Waals surface area contributed by atoms with Gasteiger partial charge in [0.05, 0.1) is 26.5 Å². The van der Waals surface area contributed by atoms with E-state index >= 15 is 0 Å². The second kappa shape index (κ2) is 13.9. The molecule has 1 aliphatic heterocycles. The first-order chi connectivity index (χ1) is 21.4. The molecule has 4 aromatic rings. The molecule has 0 N–H and O–H groups in total. The van der Waals surface area contributed by atoms with Crippen LogP contribution in [0.15, 0.2) is 87.6 Å². The van der Waals surface area contributed by atoms with E-state index in [9.17, 15) is 13.2 Å². The van der Waals surface area contributed by atoms with E-state index in [0.29, 0.717) is 45.6 Å². The minimum Gasteiger partial charge on any atom is -0.490 e. The lowest BCUT2D eigenvalue weighted by atomic mass is 10.1. The van der Waals surface area contributed by atoms with Gasteiger partial charge in [-0.1, -0.05) is 46.9 Å². The zero-order valence-corrected chi connectivity index (χ0v) is 30.0. The van der Waals surface area contributed by atoms with Crippen molar-refractivity contribution in [3.05, 3.63) is 113 Å². The van der Waals surface area contributed by atoms with Crippen LogP contribution in [-0.4, -0.2) is 26.1 Å². The van der Waals surface area contributed by atoms with Crippen LogP contribution in [0.2, 0.25) is 15.1 Å². The van der Waals surface area contributed by atoms with Crippen molar-refractivity contribution in [3.8, 4) is 11.5 Å². The topological polar surface area (TPSA) is 85.3 Å². The van der Waals surface area contributed by atoms with Crippen LogP contribution < -0.4 is 13.8 Å². The van der Waals surface area contributed by atoms with E-state index in [-0.39, 0.29) is 28.9 Å². The Morgan fingerprint density at radius 2 is 1.60 bits per heavy atom. The summed E-state index contributed by atoms with van der Waals surface area (Å²) < 4.78 is 37.9. The van der Waals surface area contributed by atoms with Crippen LogP contribution in [0.4, 0.5) is 11.4 Å². The van der Waals surface area contributed by atoms with E-state index in [1.54, 1.807) is 37.3 Å². The Bertz CT molecular complexity index is 1980. The zero-order valence-electron chi connectivity index (χ0n) is 24.0. The maximum Gasteiger partial charge on any atom is 0.339 e. The third-order valence-electron chi connectivity index (χ3n) is 6.52. The number of amidine groups is 1. The molecule has 0 aliphatic carbocycles. The average Bonchev–Trinajstić information content (AvgIpc) is 3.28. The molecule has 1 fully saturated rings. The summed E-state index contributed by atoms with van der Waals surface area (Å²) in [4.78, 5) is 20.5. The molecule has 0 radical (unpaired) electrons. The van der Waals surface area contributed by atoms with Crippen molar-refractivity contribution in [3.63, 3.8) is 0 Å². The van der Waals surface area contributed by atoms with Crippen molar-refractivity contribution < 1.29 is 22.1 Å². The number of carbonyl (C=O) groups excluding carboxylic acids is 1. The van der Waals surface area contributed by atoms with Gasteiger partial charge in [0.1, 0.15) is 4.90 Å². The molecule has 5 rings (SSSR count). The summed E-state index contributed by atoms with van der Waals surface area (Å²) in [5.41, 5.74) is 3.52. The number of anilines is 1. The van der Waals surface area contributed by atoms with E-state index in [2.05, 4.69) is 0 Å². The number of aryl methyl sites for hydroxylation is 2. The largest absolute Gasteiger partial charge is 0.490 e. The first-order valence-electron chi connectivity index (χ1n) is 13.4. The van der Waals surface area contributed by atoms with E-state index in [1.165, 1.54) is 40.9 Å².